The number of rotatable bonds is 4. The fourth-order valence-electron chi connectivity index (χ4n) is 2.96. The van der Waals surface area contributed by atoms with Gasteiger partial charge in [-0.3, -0.25) is 9.59 Å². The van der Waals surface area contributed by atoms with Gasteiger partial charge in [0.25, 0.3) is 11.8 Å². The minimum Gasteiger partial charge on any atom is -0.453 e. The Balaban J connectivity index is 1.71. The molecule has 0 aliphatic carbocycles. The minimum atomic E-state index is -1.14. The van der Waals surface area contributed by atoms with E-state index in [1.165, 1.54) is 12.1 Å². The lowest BCUT2D eigenvalue weighted by atomic mass is 10.0. The van der Waals surface area contributed by atoms with Gasteiger partial charge in [0.2, 0.25) is 6.17 Å². The number of para-hydroxylation sites is 1. The highest BCUT2D eigenvalue weighted by Gasteiger charge is 2.28. The molecule has 4 rings (SSSR count). The summed E-state index contributed by atoms with van der Waals surface area (Å²) >= 11 is 0. The smallest absolute Gasteiger partial charge is 0.289 e. The lowest BCUT2D eigenvalue weighted by molar-refractivity contribution is -0.117. The Kier molecular flexibility index (Phi) is 4.74. The van der Waals surface area contributed by atoms with Gasteiger partial charge in [-0.15, -0.1) is 0 Å². The van der Waals surface area contributed by atoms with Gasteiger partial charge in [-0.25, -0.2) is 4.99 Å². The first kappa shape index (κ1) is 17.7. The number of furan rings is 1. The van der Waals surface area contributed by atoms with Gasteiger partial charge in [-0.2, -0.15) is 0 Å². The van der Waals surface area contributed by atoms with E-state index in [0.29, 0.717) is 11.4 Å². The van der Waals surface area contributed by atoms with Crippen molar-refractivity contribution in [2.45, 2.75) is 12.8 Å². The summed E-state index contributed by atoms with van der Waals surface area (Å²) in [5, 5.41) is 14.5. The van der Waals surface area contributed by atoms with Gasteiger partial charge in [-0.1, -0.05) is 48.5 Å². The van der Waals surface area contributed by atoms with Gasteiger partial charge in [0, 0.05) is 11.1 Å². The fraction of sp³-hybridized carbons (Fsp3) is 0.0952. The Morgan fingerprint density at radius 3 is 2.57 bits per heavy atom. The van der Waals surface area contributed by atoms with E-state index in [4.69, 9.17) is 9.52 Å². The van der Waals surface area contributed by atoms with Gasteiger partial charge in [0.05, 0.1) is 11.4 Å². The molecular formula is C21H17N3O4. The Hall–Kier alpha value is -3.71. The van der Waals surface area contributed by atoms with Gasteiger partial charge in [-0.05, 0) is 18.2 Å². The van der Waals surface area contributed by atoms with Crippen molar-refractivity contribution >= 4 is 23.2 Å². The van der Waals surface area contributed by atoms with Crippen molar-refractivity contribution < 1.29 is 19.1 Å². The highest BCUT2D eigenvalue weighted by molar-refractivity contribution is 6.19. The lowest BCUT2D eigenvalue weighted by Gasteiger charge is -2.12. The number of nitrogens with one attached hydrogen (secondary N) is 2. The third-order valence-electron chi connectivity index (χ3n) is 4.30. The van der Waals surface area contributed by atoms with Crippen LogP contribution in [0.2, 0.25) is 0 Å². The minimum absolute atomic E-state index is 0.00456. The van der Waals surface area contributed by atoms with Crippen LogP contribution in [0.4, 0.5) is 5.69 Å². The standard InChI is InChI=1S/C21H17N3O4/c25-12-14-10-11-17(28-14)20(26)24-19-21(27)22-16-9-5-4-8-15(16)18(23-19)13-6-2-1-3-7-13/h1-11,19,25H,12H2,(H,22,27)(H,24,26). The van der Waals surface area contributed by atoms with Crippen molar-refractivity contribution in [3.05, 3.63) is 89.4 Å². The van der Waals surface area contributed by atoms with E-state index in [1.807, 2.05) is 48.5 Å². The average Bonchev–Trinajstić information content (AvgIpc) is 3.16. The summed E-state index contributed by atoms with van der Waals surface area (Å²) in [6.45, 7) is -0.317. The second-order valence-electron chi connectivity index (χ2n) is 6.18. The molecule has 1 aliphatic heterocycles. The van der Waals surface area contributed by atoms with Gasteiger partial charge >= 0.3 is 0 Å². The van der Waals surface area contributed by atoms with E-state index >= 15 is 0 Å². The lowest BCUT2D eigenvalue weighted by Crippen LogP contribution is -2.42. The number of amides is 2. The number of fused-ring (bicyclic) bond motifs is 1. The van der Waals surface area contributed by atoms with E-state index in [2.05, 4.69) is 15.6 Å². The zero-order valence-corrected chi connectivity index (χ0v) is 14.8. The second-order valence-corrected chi connectivity index (χ2v) is 6.18. The molecule has 0 fully saturated rings. The number of benzene rings is 2. The van der Waals surface area contributed by atoms with Crippen LogP contribution in [0.3, 0.4) is 0 Å². The second kappa shape index (κ2) is 7.50. The zero-order valence-electron chi connectivity index (χ0n) is 14.8. The molecule has 3 N–H and O–H groups in total. The molecule has 0 radical (unpaired) electrons. The molecule has 0 bridgehead atoms. The number of carbonyl (C=O) groups is 2. The van der Waals surface area contributed by atoms with Gasteiger partial charge in [0.1, 0.15) is 12.4 Å². The number of nitrogens with zero attached hydrogens (tertiary/aromatic N) is 1. The van der Waals surface area contributed by atoms with E-state index < -0.39 is 18.0 Å². The summed E-state index contributed by atoms with van der Waals surface area (Å²) < 4.78 is 5.23. The van der Waals surface area contributed by atoms with Crippen LogP contribution in [0.25, 0.3) is 0 Å². The first-order valence-corrected chi connectivity index (χ1v) is 8.69. The highest BCUT2D eigenvalue weighted by Crippen LogP contribution is 2.23. The molecule has 1 aromatic heterocycles. The first-order valence-electron chi connectivity index (χ1n) is 8.69. The third kappa shape index (κ3) is 3.43. The fourth-order valence-corrected chi connectivity index (χ4v) is 2.96. The van der Waals surface area contributed by atoms with Crippen LogP contribution in [0.1, 0.15) is 27.4 Å². The van der Waals surface area contributed by atoms with Crippen molar-refractivity contribution in [1.82, 2.24) is 5.32 Å². The van der Waals surface area contributed by atoms with Crippen LogP contribution in [0.5, 0.6) is 0 Å². The molecule has 7 nitrogen and oxygen atoms in total. The van der Waals surface area contributed by atoms with Crippen LogP contribution >= 0.6 is 0 Å². The topological polar surface area (TPSA) is 104 Å². The van der Waals surface area contributed by atoms with Crippen LogP contribution in [0, 0.1) is 0 Å². The number of carbonyl (C=O) groups excluding carboxylic acids is 2. The van der Waals surface area contributed by atoms with E-state index in [-0.39, 0.29) is 18.1 Å². The number of anilines is 1. The molecule has 3 aromatic rings. The average molecular weight is 375 g/mol. The molecule has 1 unspecified atom stereocenters. The molecular weight excluding hydrogens is 358 g/mol. The maximum atomic E-state index is 12.7. The molecule has 1 aliphatic rings. The molecule has 2 aromatic carbocycles. The van der Waals surface area contributed by atoms with Crippen LogP contribution < -0.4 is 10.6 Å². The summed E-state index contributed by atoms with van der Waals surface area (Å²) in [5.74, 6) is -0.797. The number of benzodiazepines with no additional fused rings is 1. The molecule has 140 valence electrons. The maximum absolute atomic E-state index is 12.7. The van der Waals surface area contributed by atoms with Gasteiger partial charge < -0.3 is 20.2 Å². The van der Waals surface area contributed by atoms with E-state index in [0.717, 1.165) is 11.1 Å². The van der Waals surface area contributed by atoms with Crippen LogP contribution in [-0.4, -0.2) is 28.8 Å². The van der Waals surface area contributed by atoms with Crippen LogP contribution in [-0.2, 0) is 11.4 Å². The molecule has 28 heavy (non-hydrogen) atoms. The largest absolute Gasteiger partial charge is 0.453 e. The zero-order chi connectivity index (χ0) is 19.5. The summed E-state index contributed by atoms with van der Waals surface area (Å²) in [7, 11) is 0. The predicted molar refractivity (Wildman–Crippen MR) is 103 cm³/mol. The van der Waals surface area contributed by atoms with Crippen molar-refractivity contribution in [3.63, 3.8) is 0 Å². The van der Waals surface area contributed by atoms with Crippen molar-refractivity contribution in [1.29, 1.82) is 0 Å². The third-order valence-corrected chi connectivity index (χ3v) is 4.30. The van der Waals surface area contributed by atoms with Crippen molar-refractivity contribution in [2.24, 2.45) is 4.99 Å². The number of aliphatic imine (C=N–C) groups is 1. The number of aliphatic hydroxyl groups excluding tert-OH is 1. The summed E-state index contributed by atoms with van der Waals surface area (Å²) in [5.41, 5.74) is 2.80. The monoisotopic (exact) mass is 375 g/mol. The number of aliphatic hydroxyl groups is 1. The molecule has 0 saturated heterocycles. The summed E-state index contributed by atoms with van der Waals surface area (Å²) in [6, 6.07) is 19.7. The molecule has 2 heterocycles. The Bertz CT molecular complexity index is 1060. The SMILES string of the molecule is O=C(NC1N=C(c2ccccc2)c2ccccc2NC1=O)c1ccc(CO)o1. The van der Waals surface area contributed by atoms with Crippen molar-refractivity contribution in [2.75, 3.05) is 5.32 Å². The molecule has 7 heteroatoms. The molecule has 0 saturated carbocycles. The Morgan fingerprint density at radius 2 is 1.82 bits per heavy atom. The molecule has 0 spiro atoms. The Morgan fingerprint density at radius 1 is 1.07 bits per heavy atom. The predicted octanol–water partition coefficient (Wildman–Crippen LogP) is 2.32. The quantitative estimate of drug-likeness (QED) is 0.651. The molecule has 2 amide bonds. The number of hydrogen-bond donors (Lipinski definition) is 3. The Labute approximate surface area is 160 Å². The molecule has 1 atom stereocenters. The number of hydrogen-bond acceptors (Lipinski definition) is 5. The normalized spacial score (nSPS) is 15.8. The summed E-state index contributed by atoms with van der Waals surface area (Å²) in [4.78, 5) is 29.7. The highest BCUT2D eigenvalue weighted by atomic mass is 16.4. The maximum Gasteiger partial charge on any atom is 0.289 e. The van der Waals surface area contributed by atoms with Crippen molar-refractivity contribution in [3.8, 4) is 0 Å². The van der Waals surface area contributed by atoms with E-state index in [9.17, 15) is 9.59 Å². The summed E-state index contributed by atoms with van der Waals surface area (Å²) in [6.07, 6.45) is -1.14. The van der Waals surface area contributed by atoms with Crippen LogP contribution in [0.15, 0.2) is 76.1 Å². The first-order chi connectivity index (χ1) is 13.7. The van der Waals surface area contributed by atoms with Gasteiger partial charge in [0.15, 0.2) is 5.76 Å². The van der Waals surface area contributed by atoms with E-state index in [1.54, 1.807) is 6.07 Å².